The van der Waals surface area contributed by atoms with Gasteiger partial charge < -0.3 is 4.90 Å². The maximum Gasteiger partial charge on any atom is 0.292 e. The molecule has 0 spiro atoms. The first kappa shape index (κ1) is 14.3. The topological polar surface area (TPSA) is 46.4 Å². The van der Waals surface area contributed by atoms with Crippen LogP contribution in [0.15, 0.2) is 18.2 Å². The van der Waals surface area contributed by atoms with Crippen molar-refractivity contribution in [1.29, 1.82) is 0 Å². The largest absolute Gasteiger partial charge is 0.363 e. The zero-order chi connectivity index (χ0) is 14.0. The molecular weight excluding hydrogens is 308 g/mol. The number of alkyl halides is 1. The van der Waals surface area contributed by atoms with Crippen LogP contribution in [0.5, 0.6) is 0 Å². The van der Waals surface area contributed by atoms with E-state index >= 15 is 0 Å². The minimum Gasteiger partial charge on any atom is -0.363 e. The van der Waals surface area contributed by atoms with E-state index in [2.05, 4.69) is 34.7 Å². The molecule has 1 aromatic carbocycles. The van der Waals surface area contributed by atoms with Gasteiger partial charge in [0.25, 0.3) is 5.69 Å². The number of halogens is 1. The molecule has 1 heterocycles. The Hall–Kier alpha value is -1.10. The molecular formula is C14H19BrN2O2. The van der Waals surface area contributed by atoms with E-state index in [1.807, 2.05) is 12.1 Å². The Bertz CT molecular complexity index is 479. The van der Waals surface area contributed by atoms with E-state index in [0.29, 0.717) is 17.3 Å². The van der Waals surface area contributed by atoms with Gasteiger partial charge >= 0.3 is 0 Å². The third-order valence-electron chi connectivity index (χ3n) is 3.82. The van der Waals surface area contributed by atoms with E-state index in [9.17, 15) is 10.1 Å². The molecule has 0 aliphatic carbocycles. The van der Waals surface area contributed by atoms with Gasteiger partial charge in [-0.15, -0.1) is 0 Å². The normalized spacial score (nSPS) is 23.4. The van der Waals surface area contributed by atoms with Crippen molar-refractivity contribution in [2.24, 2.45) is 5.92 Å². The molecule has 1 fully saturated rings. The monoisotopic (exact) mass is 326 g/mol. The molecule has 104 valence electrons. The van der Waals surface area contributed by atoms with Crippen LogP contribution in [0, 0.1) is 16.0 Å². The van der Waals surface area contributed by atoms with Crippen LogP contribution in [0.25, 0.3) is 0 Å². The molecule has 0 bridgehead atoms. The molecule has 4 nitrogen and oxygen atoms in total. The second-order valence-electron chi connectivity index (χ2n) is 5.40. The number of nitro groups is 1. The van der Waals surface area contributed by atoms with Crippen molar-refractivity contribution >= 4 is 27.3 Å². The minimum atomic E-state index is -0.270. The standard InChI is InChI=1S/C14H19BrN2O2/c1-10-3-4-11(2)16(9-10)13-6-5-12(8-15)7-14(13)17(18)19/h5-7,10-11H,3-4,8-9H2,1-2H3. The van der Waals surface area contributed by atoms with Gasteiger partial charge in [-0.3, -0.25) is 10.1 Å². The average Bonchev–Trinajstić information content (AvgIpc) is 2.40. The molecule has 1 aliphatic heterocycles. The van der Waals surface area contributed by atoms with Crippen LogP contribution in [0.2, 0.25) is 0 Å². The smallest absolute Gasteiger partial charge is 0.292 e. The quantitative estimate of drug-likeness (QED) is 0.477. The first-order valence-electron chi connectivity index (χ1n) is 6.63. The molecule has 0 aromatic heterocycles. The van der Waals surface area contributed by atoms with Gasteiger partial charge in [0.15, 0.2) is 0 Å². The highest BCUT2D eigenvalue weighted by atomic mass is 79.9. The second kappa shape index (κ2) is 5.90. The Balaban J connectivity index is 2.40. The highest BCUT2D eigenvalue weighted by Gasteiger charge is 2.28. The minimum absolute atomic E-state index is 0.220. The molecule has 19 heavy (non-hydrogen) atoms. The fraction of sp³-hybridized carbons (Fsp3) is 0.571. The highest BCUT2D eigenvalue weighted by molar-refractivity contribution is 9.08. The Morgan fingerprint density at radius 3 is 2.79 bits per heavy atom. The summed E-state index contributed by atoms with van der Waals surface area (Å²) >= 11 is 3.35. The maximum absolute atomic E-state index is 11.3. The second-order valence-corrected chi connectivity index (χ2v) is 5.96. The van der Waals surface area contributed by atoms with Crippen molar-refractivity contribution in [3.05, 3.63) is 33.9 Å². The van der Waals surface area contributed by atoms with Gasteiger partial charge in [-0.25, -0.2) is 0 Å². The summed E-state index contributed by atoms with van der Waals surface area (Å²) in [5, 5.41) is 11.9. The molecule has 0 N–H and O–H groups in total. The van der Waals surface area contributed by atoms with Crippen molar-refractivity contribution in [2.75, 3.05) is 11.4 Å². The number of benzene rings is 1. The van der Waals surface area contributed by atoms with Crippen molar-refractivity contribution in [1.82, 2.24) is 0 Å². The highest BCUT2D eigenvalue weighted by Crippen LogP contribution is 2.35. The summed E-state index contributed by atoms with van der Waals surface area (Å²) in [6, 6.07) is 5.90. The lowest BCUT2D eigenvalue weighted by Gasteiger charge is -2.38. The predicted octanol–water partition coefficient (Wildman–Crippen LogP) is 4.11. The molecule has 1 saturated heterocycles. The van der Waals surface area contributed by atoms with E-state index < -0.39 is 0 Å². The first-order valence-corrected chi connectivity index (χ1v) is 7.75. The molecule has 0 saturated carbocycles. The van der Waals surface area contributed by atoms with Crippen molar-refractivity contribution in [2.45, 2.75) is 38.1 Å². The average molecular weight is 327 g/mol. The summed E-state index contributed by atoms with van der Waals surface area (Å²) in [7, 11) is 0. The van der Waals surface area contributed by atoms with Crippen molar-refractivity contribution in [3.8, 4) is 0 Å². The SMILES string of the molecule is CC1CCC(C)N(c2ccc(CBr)cc2[N+](=O)[O-])C1. The van der Waals surface area contributed by atoms with Crippen LogP contribution in [-0.2, 0) is 5.33 Å². The number of hydrogen-bond acceptors (Lipinski definition) is 3. The molecule has 1 aliphatic rings. The molecule has 5 heteroatoms. The number of nitro benzene ring substituents is 1. The van der Waals surface area contributed by atoms with Crippen molar-refractivity contribution < 1.29 is 4.92 Å². The molecule has 2 atom stereocenters. The lowest BCUT2D eigenvalue weighted by Crippen LogP contribution is -2.41. The van der Waals surface area contributed by atoms with Crippen LogP contribution >= 0.6 is 15.9 Å². The fourth-order valence-electron chi connectivity index (χ4n) is 2.67. The number of nitrogens with zero attached hydrogens (tertiary/aromatic N) is 2. The Labute approximate surface area is 122 Å². The van der Waals surface area contributed by atoms with Gasteiger partial charge in [0.1, 0.15) is 5.69 Å². The number of piperidine rings is 1. The van der Waals surface area contributed by atoms with Crippen LogP contribution in [-0.4, -0.2) is 17.5 Å². The van der Waals surface area contributed by atoms with Gasteiger partial charge in [-0.2, -0.15) is 0 Å². The molecule has 2 unspecified atom stereocenters. The predicted molar refractivity (Wildman–Crippen MR) is 80.9 cm³/mol. The fourth-order valence-corrected chi connectivity index (χ4v) is 3.01. The van der Waals surface area contributed by atoms with Crippen LogP contribution in [0.4, 0.5) is 11.4 Å². The maximum atomic E-state index is 11.3. The van der Waals surface area contributed by atoms with Gasteiger partial charge in [-0.05, 0) is 37.3 Å². The Kier molecular flexibility index (Phi) is 4.45. The van der Waals surface area contributed by atoms with Crippen LogP contribution in [0.3, 0.4) is 0 Å². The summed E-state index contributed by atoms with van der Waals surface area (Å²) in [5.41, 5.74) is 1.92. The van der Waals surface area contributed by atoms with Crippen molar-refractivity contribution in [3.63, 3.8) is 0 Å². The molecule has 1 aromatic rings. The summed E-state index contributed by atoms with van der Waals surface area (Å²) in [4.78, 5) is 13.2. The van der Waals surface area contributed by atoms with E-state index in [-0.39, 0.29) is 10.6 Å². The molecule has 2 rings (SSSR count). The van der Waals surface area contributed by atoms with E-state index in [1.54, 1.807) is 6.07 Å². The molecule has 0 radical (unpaired) electrons. The lowest BCUT2D eigenvalue weighted by atomic mass is 9.94. The number of anilines is 1. The Morgan fingerprint density at radius 1 is 1.42 bits per heavy atom. The summed E-state index contributed by atoms with van der Waals surface area (Å²) in [5.74, 6) is 0.589. The number of rotatable bonds is 3. The molecule has 0 amide bonds. The summed E-state index contributed by atoms with van der Waals surface area (Å²) in [6.45, 7) is 5.25. The summed E-state index contributed by atoms with van der Waals surface area (Å²) in [6.07, 6.45) is 2.30. The zero-order valence-electron chi connectivity index (χ0n) is 11.3. The third-order valence-corrected chi connectivity index (χ3v) is 4.47. The van der Waals surface area contributed by atoms with Gasteiger partial charge in [-0.1, -0.05) is 28.9 Å². The van der Waals surface area contributed by atoms with Crippen LogP contribution < -0.4 is 4.90 Å². The third kappa shape index (κ3) is 3.08. The summed E-state index contributed by atoms with van der Waals surface area (Å²) < 4.78 is 0. The van der Waals surface area contributed by atoms with E-state index in [1.165, 1.54) is 6.42 Å². The number of hydrogen-bond donors (Lipinski definition) is 0. The lowest BCUT2D eigenvalue weighted by molar-refractivity contribution is -0.384. The van der Waals surface area contributed by atoms with Crippen LogP contribution in [0.1, 0.15) is 32.3 Å². The zero-order valence-corrected chi connectivity index (χ0v) is 12.9. The van der Waals surface area contributed by atoms with Gasteiger partial charge in [0, 0.05) is 24.0 Å². The van der Waals surface area contributed by atoms with Gasteiger partial charge in [0.05, 0.1) is 4.92 Å². The van der Waals surface area contributed by atoms with Gasteiger partial charge in [0.2, 0.25) is 0 Å². The Morgan fingerprint density at radius 2 is 2.16 bits per heavy atom. The first-order chi connectivity index (χ1) is 9.02. The van der Waals surface area contributed by atoms with E-state index in [0.717, 1.165) is 24.2 Å². The van der Waals surface area contributed by atoms with E-state index in [4.69, 9.17) is 0 Å².